The Morgan fingerprint density at radius 2 is 2.05 bits per heavy atom. The molecule has 0 bridgehead atoms. The van der Waals surface area contributed by atoms with Gasteiger partial charge < -0.3 is 5.32 Å². The zero-order valence-corrected chi connectivity index (χ0v) is 11.6. The van der Waals surface area contributed by atoms with Crippen molar-refractivity contribution in [2.45, 2.75) is 26.4 Å². The van der Waals surface area contributed by atoms with Gasteiger partial charge in [-0.1, -0.05) is 31.2 Å². The average molecular weight is 267 g/mol. The van der Waals surface area contributed by atoms with E-state index in [0.29, 0.717) is 6.04 Å². The SMILES string of the molecule is CC(C)NCc1ccncc1-n1nnc2ccccc21. The lowest BCUT2D eigenvalue weighted by atomic mass is 10.2. The van der Waals surface area contributed by atoms with E-state index in [2.05, 4.69) is 34.5 Å². The van der Waals surface area contributed by atoms with Crippen molar-refractivity contribution in [1.82, 2.24) is 25.3 Å². The van der Waals surface area contributed by atoms with Crippen LogP contribution < -0.4 is 5.32 Å². The lowest BCUT2D eigenvalue weighted by Crippen LogP contribution is -2.22. The number of nitrogens with one attached hydrogen (secondary N) is 1. The Morgan fingerprint density at radius 3 is 2.90 bits per heavy atom. The monoisotopic (exact) mass is 267 g/mol. The third-order valence-electron chi connectivity index (χ3n) is 3.17. The maximum Gasteiger partial charge on any atom is 0.113 e. The van der Waals surface area contributed by atoms with E-state index in [-0.39, 0.29) is 0 Å². The van der Waals surface area contributed by atoms with Gasteiger partial charge in [-0.2, -0.15) is 0 Å². The highest BCUT2D eigenvalue weighted by Gasteiger charge is 2.10. The molecule has 3 aromatic rings. The molecule has 0 aliphatic carbocycles. The zero-order chi connectivity index (χ0) is 13.9. The number of aromatic nitrogens is 4. The van der Waals surface area contributed by atoms with Gasteiger partial charge in [-0.05, 0) is 23.8 Å². The first-order chi connectivity index (χ1) is 9.75. The molecule has 1 N–H and O–H groups in total. The van der Waals surface area contributed by atoms with Crippen molar-refractivity contribution >= 4 is 11.0 Å². The van der Waals surface area contributed by atoms with Crippen LogP contribution in [-0.2, 0) is 6.54 Å². The van der Waals surface area contributed by atoms with Gasteiger partial charge >= 0.3 is 0 Å². The number of fused-ring (bicyclic) bond motifs is 1. The van der Waals surface area contributed by atoms with E-state index in [0.717, 1.165) is 28.8 Å². The Labute approximate surface area is 117 Å². The highest BCUT2D eigenvalue weighted by atomic mass is 15.4. The molecule has 1 aromatic carbocycles. The van der Waals surface area contributed by atoms with Gasteiger partial charge in [-0.15, -0.1) is 5.10 Å². The first-order valence-corrected chi connectivity index (χ1v) is 6.73. The smallest absolute Gasteiger partial charge is 0.113 e. The fourth-order valence-electron chi connectivity index (χ4n) is 2.12. The first-order valence-electron chi connectivity index (χ1n) is 6.73. The third-order valence-corrected chi connectivity index (χ3v) is 3.17. The Balaban J connectivity index is 2.05. The average Bonchev–Trinajstić information content (AvgIpc) is 2.89. The van der Waals surface area contributed by atoms with E-state index in [4.69, 9.17) is 0 Å². The molecule has 2 aromatic heterocycles. The van der Waals surface area contributed by atoms with Crippen LogP contribution in [0, 0.1) is 0 Å². The van der Waals surface area contributed by atoms with E-state index in [9.17, 15) is 0 Å². The van der Waals surface area contributed by atoms with Crippen LogP contribution >= 0.6 is 0 Å². The Hall–Kier alpha value is -2.27. The summed E-state index contributed by atoms with van der Waals surface area (Å²) in [5.74, 6) is 0. The molecule has 0 unspecified atom stereocenters. The molecule has 0 radical (unpaired) electrons. The van der Waals surface area contributed by atoms with Crippen molar-refractivity contribution in [2.24, 2.45) is 0 Å². The Kier molecular flexibility index (Phi) is 3.43. The van der Waals surface area contributed by atoms with Gasteiger partial charge in [-0.25, -0.2) is 4.68 Å². The number of hydrogen-bond acceptors (Lipinski definition) is 4. The van der Waals surface area contributed by atoms with Gasteiger partial charge in [0.05, 0.1) is 17.4 Å². The van der Waals surface area contributed by atoms with Crippen LogP contribution in [0.4, 0.5) is 0 Å². The lowest BCUT2D eigenvalue weighted by Gasteiger charge is -2.12. The van der Waals surface area contributed by atoms with E-state index in [1.807, 2.05) is 41.2 Å². The summed E-state index contributed by atoms with van der Waals surface area (Å²) in [6, 6.07) is 10.4. The topological polar surface area (TPSA) is 55.6 Å². The third kappa shape index (κ3) is 2.40. The quantitative estimate of drug-likeness (QED) is 0.788. The van der Waals surface area contributed by atoms with Crippen LogP contribution in [-0.4, -0.2) is 26.0 Å². The molecule has 5 nitrogen and oxygen atoms in total. The summed E-state index contributed by atoms with van der Waals surface area (Å²) in [4.78, 5) is 4.22. The molecule has 0 saturated heterocycles. The summed E-state index contributed by atoms with van der Waals surface area (Å²) in [6.07, 6.45) is 3.64. The number of nitrogens with zero attached hydrogens (tertiary/aromatic N) is 4. The summed E-state index contributed by atoms with van der Waals surface area (Å²) in [6.45, 7) is 5.04. The standard InChI is InChI=1S/C15H17N5/c1-11(2)17-9-12-7-8-16-10-15(12)20-14-6-4-3-5-13(14)18-19-20/h3-8,10-11,17H,9H2,1-2H3. The number of hydrogen-bond donors (Lipinski definition) is 1. The molecule has 2 heterocycles. The molecule has 0 saturated carbocycles. The Morgan fingerprint density at radius 1 is 1.20 bits per heavy atom. The molecular formula is C15H17N5. The van der Waals surface area contributed by atoms with Gasteiger partial charge in [0.2, 0.25) is 0 Å². The van der Waals surface area contributed by atoms with Crippen LogP contribution in [0.1, 0.15) is 19.4 Å². The number of pyridine rings is 1. The maximum absolute atomic E-state index is 4.25. The van der Waals surface area contributed by atoms with Crippen LogP contribution in [0.5, 0.6) is 0 Å². The molecule has 0 amide bonds. The minimum atomic E-state index is 0.434. The van der Waals surface area contributed by atoms with Crippen LogP contribution in [0.15, 0.2) is 42.7 Å². The second-order valence-corrected chi connectivity index (χ2v) is 5.03. The molecular weight excluding hydrogens is 250 g/mol. The van der Waals surface area contributed by atoms with Crippen molar-refractivity contribution in [3.05, 3.63) is 48.3 Å². The maximum atomic E-state index is 4.25. The molecule has 0 spiro atoms. The van der Waals surface area contributed by atoms with Crippen molar-refractivity contribution in [3.63, 3.8) is 0 Å². The number of benzene rings is 1. The fraction of sp³-hybridized carbons (Fsp3) is 0.267. The van der Waals surface area contributed by atoms with Gasteiger partial charge in [0.25, 0.3) is 0 Å². The Bertz CT molecular complexity index is 717. The highest BCUT2D eigenvalue weighted by Crippen LogP contribution is 2.18. The minimum Gasteiger partial charge on any atom is -0.310 e. The van der Waals surface area contributed by atoms with Gasteiger partial charge in [0.15, 0.2) is 0 Å². The molecule has 5 heteroatoms. The van der Waals surface area contributed by atoms with Gasteiger partial charge in [-0.3, -0.25) is 4.98 Å². The summed E-state index contributed by atoms with van der Waals surface area (Å²) < 4.78 is 1.85. The van der Waals surface area contributed by atoms with Gasteiger partial charge in [0, 0.05) is 18.8 Å². The highest BCUT2D eigenvalue weighted by molar-refractivity contribution is 5.76. The summed E-state index contributed by atoms with van der Waals surface area (Å²) >= 11 is 0. The second kappa shape index (κ2) is 5.38. The zero-order valence-electron chi connectivity index (χ0n) is 11.6. The van der Waals surface area contributed by atoms with Gasteiger partial charge in [0.1, 0.15) is 5.52 Å². The van der Waals surface area contributed by atoms with E-state index in [1.165, 1.54) is 0 Å². The number of para-hydroxylation sites is 1. The second-order valence-electron chi connectivity index (χ2n) is 5.03. The largest absolute Gasteiger partial charge is 0.310 e. The summed E-state index contributed by atoms with van der Waals surface area (Å²) in [5.41, 5.74) is 4.00. The van der Waals surface area contributed by atoms with Crippen molar-refractivity contribution in [1.29, 1.82) is 0 Å². The predicted molar refractivity (Wildman–Crippen MR) is 78.6 cm³/mol. The minimum absolute atomic E-state index is 0.434. The van der Waals surface area contributed by atoms with E-state index >= 15 is 0 Å². The number of rotatable bonds is 4. The predicted octanol–water partition coefficient (Wildman–Crippen LogP) is 2.31. The van der Waals surface area contributed by atoms with Crippen molar-refractivity contribution < 1.29 is 0 Å². The lowest BCUT2D eigenvalue weighted by molar-refractivity contribution is 0.586. The summed E-state index contributed by atoms with van der Waals surface area (Å²) in [7, 11) is 0. The van der Waals surface area contributed by atoms with Crippen LogP contribution in [0.2, 0.25) is 0 Å². The molecule has 0 atom stereocenters. The normalized spacial score (nSPS) is 11.3. The van der Waals surface area contributed by atoms with Crippen LogP contribution in [0.3, 0.4) is 0 Å². The van der Waals surface area contributed by atoms with Crippen molar-refractivity contribution in [3.8, 4) is 5.69 Å². The first kappa shape index (κ1) is 12.7. The molecule has 3 rings (SSSR count). The van der Waals surface area contributed by atoms with Crippen molar-refractivity contribution in [2.75, 3.05) is 0 Å². The van der Waals surface area contributed by atoms with E-state index in [1.54, 1.807) is 6.20 Å². The summed E-state index contributed by atoms with van der Waals surface area (Å²) in [5, 5.41) is 11.9. The fourth-order valence-corrected chi connectivity index (χ4v) is 2.12. The van der Waals surface area contributed by atoms with Crippen LogP contribution in [0.25, 0.3) is 16.7 Å². The molecule has 20 heavy (non-hydrogen) atoms. The molecule has 0 fully saturated rings. The molecule has 0 aliphatic rings. The van der Waals surface area contributed by atoms with E-state index < -0.39 is 0 Å². The molecule has 0 aliphatic heterocycles. The molecule has 102 valence electrons.